The van der Waals surface area contributed by atoms with Gasteiger partial charge in [-0.3, -0.25) is 4.74 Å². The first-order valence-corrected chi connectivity index (χ1v) is 13.8. The fourth-order valence-corrected chi connectivity index (χ4v) is 11.5. The molecule has 0 radical (unpaired) electrons. The fraction of sp³-hybridized carbons (Fsp3) is 0.120. The van der Waals surface area contributed by atoms with Crippen LogP contribution in [0.4, 0.5) is 0 Å². The quantitative estimate of drug-likeness (QED) is 0.324. The lowest BCUT2D eigenvalue weighted by Crippen LogP contribution is -2.22. The van der Waals surface area contributed by atoms with E-state index in [1.54, 1.807) is 14.2 Å². The van der Waals surface area contributed by atoms with Crippen molar-refractivity contribution in [2.24, 2.45) is 4.74 Å². The molecule has 4 aromatic carbocycles. The number of para-hydroxylation sites is 2. The van der Waals surface area contributed by atoms with Crippen molar-refractivity contribution >= 4 is 36.2 Å². The molecule has 0 amide bonds. The highest BCUT2D eigenvalue weighted by Gasteiger charge is 2.45. The van der Waals surface area contributed by atoms with Crippen LogP contribution in [-0.2, 0) is 0 Å². The third-order valence-electron chi connectivity index (χ3n) is 5.55. The van der Waals surface area contributed by atoms with Crippen LogP contribution in [0.3, 0.4) is 0 Å². The molecule has 0 spiro atoms. The maximum Gasteiger partial charge on any atom is 0.341 e. The summed E-state index contributed by atoms with van der Waals surface area (Å²) in [4.78, 5) is 0. The highest BCUT2D eigenvalue weighted by molar-refractivity contribution is 8.37. The molecule has 32 heavy (non-hydrogen) atoms. The van der Waals surface area contributed by atoms with Crippen LogP contribution >= 0.6 is 14.8 Å². The molecule has 0 saturated carbocycles. The van der Waals surface area contributed by atoms with Crippen molar-refractivity contribution in [3.8, 4) is 23.0 Å². The van der Waals surface area contributed by atoms with Crippen molar-refractivity contribution < 1.29 is 18.5 Å². The lowest BCUT2D eigenvalue weighted by molar-refractivity contribution is 0.417. The Labute approximate surface area is 188 Å². The van der Waals surface area contributed by atoms with Gasteiger partial charge >= 0.3 is 8.06 Å². The number of benzene rings is 4. The van der Waals surface area contributed by atoms with E-state index in [0.717, 1.165) is 44.4 Å². The van der Waals surface area contributed by atoms with E-state index in [1.165, 1.54) is 0 Å². The monoisotopic (exact) mass is 463 g/mol. The van der Waals surface area contributed by atoms with Gasteiger partial charge in [-0.2, -0.15) is 0 Å². The van der Waals surface area contributed by atoms with Crippen molar-refractivity contribution in [1.82, 2.24) is 0 Å². The Morgan fingerprint density at radius 3 is 1.66 bits per heavy atom. The molecule has 1 heterocycles. The van der Waals surface area contributed by atoms with Crippen LogP contribution in [0.5, 0.6) is 23.0 Å². The maximum atomic E-state index is 6.66. The second-order valence-electron chi connectivity index (χ2n) is 7.18. The number of nitrogens with zero attached hydrogens (tertiary/aromatic N) is 1. The lowest BCUT2D eigenvalue weighted by Gasteiger charge is -2.35. The van der Waals surface area contributed by atoms with Crippen molar-refractivity contribution in [3.05, 3.63) is 84.9 Å². The van der Waals surface area contributed by atoms with Gasteiger partial charge in [0.25, 0.3) is 0 Å². The molecule has 0 aliphatic carbocycles. The van der Waals surface area contributed by atoms with Gasteiger partial charge in [0.05, 0.1) is 19.6 Å². The molecule has 1 aliphatic heterocycles. The van der Waals surface area contributed by atoms with E-state index < -0.39 is 14.8 Å². The van der Waals surface area contributed by atoms with Crippen molar-refractivity contribution in [2.45, 2.75) is 0 Å². The minimum absolute atomic E-state index is 0.754. The molecule has 0 saturated heterocycles. The summed E-state index contributed by atoms with van der Waals surface area (Å²) in [5.74, 6) is 3.13. The van der Waals surface area contributed by atoms with Gasteiger partial charge in [-0.05, 0) is 41.8 Å². The molecule has 0 fully saturated rings. The zero-order valence-corrected chi connectivity index (χ0v) is 19.8. The van der Waals surface area contributed by atoms with Crippen LogP contribution in [-0.4, -0.2) is 21.3 Å². The molecule has 5 nitrogen and oxygen atoms in total. The van der Waals surface area contributed by atoms with Crippen LogP contribution in [0.15, 0.2) is 89.7 Å². The van der Waals surface area contributed by atoms with E-state index in [9.17, 15) is 0 Å². The highest BCUT2D eigenvalue weighted by atomic mass is 32.1. The van der Waals surface area contributed by atoms with Gasteiger partial charge in [0.1, 0.15) is 29.7 Å². The van der Waals surface area contributed by atoms with Gasteiger partial charge in [0.15, 0.2) is 0 Å². The first-order valence-electron chi connectivity index (χ1n) is 10.2. The molecule has 7 heteroatoms. The predicted octanol–water partition coefficient (Wildman–Crippen LogP) is 6.34. The summed E-state index contributed by atoms with van der Waals surface area (Å²) in [7, 11) is 3.65. The second-order valence-corrected chi connectivity index (χ2v) is 13.3. The predicted molar refractivity (Wildman–Crippen MR) is 133 cm³/mol. The van der Waals surface area contributed by atoms with Gasteiger partial charge in [-0.25, -0.2) is 0 Å². The van der Waals surface area contributed by atoms with Gasteiger partial charge in [0.2, 0.25) is 0 Å². The molecule has 5 rings (SSSR count). The average Bonchev–Trinajstić information content (AvgIpc) is 2.86. The van der Waals surface area contributed by atoms with Crippen LogP contribution in [0.1, 0.15) is 0 Å². The third kappa shape index (κ3) is 3.16. The number of methoxy groups -OCH3 is 2. The molecule has 4 aromatic rings. The van der Waals surface area contributed by atoms with Gasteiger partial charge < -0.3 is 18.5 Å². The van der Waals surface area contributed by atoms with Crippen LogP contribution in [0.25, 0.3) is 10.8 Å². The SMILES string of the molecule is CN=P(c1ccccc1OC)(c1ccccc1OC)P1Oc2cccc3cccc(c23)O1. The minimum Gasteiger partial charge on any atom is -0.496 e. The third-order valence-corrected chi connectivity index (χ3v) is 13.1. The molecule has 1 aliphatic rings. The Kier molecular flexibility index (Phi) is 5.55. The van der Waals surface area contributed by atoms with Crippen LogP contribution in [0.2, 0.25) is 0 Å². The smallest absolute Gasteiger partial charge is 0.341 e. The molecule has 0 unspecified atom stereocenters. The molecular weight excluding hydrogens is 440 g/mol. The molecule has 0 N–H and O–H groups in total. The largest absolute Gasteiger partial charge is 0.496 e. The molecule has 0 bridgehead atoms. The van der Waals surface area contributed by atoms with Crippen molar-refractivity contribution in [2.75, 3.05) is 21.3 Å². The standard InChI is InChI=1S/C25H23NO4P2/c1-26-32(23-16-6-4-12-19(23)27-2,24-17-7-5-13-20(24)28-3)31-29-21-14-8-10-18-11-9-15-22(30-31)25(18)21/h4-17H,1-3H3. The Morgan fingerprint density at radius 1 is 0.688 bits per heavy atom. The fourth-order valence-electron chi connectivity index (χ4n) is 4.10. The summed E-state index contributed by atoms with van der Waals surface area (Å²) < 4.78 is 30.0. The zero-order valence-electron chi connectivity index (χ0n) is 18.1. The summed E-state index contributed by atoms with van der Waals surface area (Å²) in [5.41, 5.74) is 0. The van der Waals surface area contributed by atoms with Gasteiger partial charge in [-0.1, -0.05) is 48.5 Å². The zero-order chi connectivity index (χ0) is 22.1. The van der Waals surface area contributed by atoms with E-state index >= 15 is 0 Å². The number of hydrogen-bond acceptors (Lipinski definition) is 5. The van der Waals surface area contributed by atoms with E-state index in [-0.39, 0.29) is 0 Å². The molecular formula is C25H23NO4P2. The van der Waals surface area contributed by atoms with Crippen LogP contribution < -0.4 is 29.1 Å². The highest BCUT2D eigenvalue weighted by Crippen LogP contribution is 2.78. The van der Waals surface area contributed by atoms with Crippen LogP contribution in [0, 0.1) is 0 Å². The molecule has 162 valence electrons. The van der Waals surface area contributed by atoms with Gasteiger partial charge in [0, 0.05) is 17.7 Å². The lowest BCUT2D eigenvalue weighted by atomic mass is 10.1. The first kappa shape index (κ1) is 20.9. The summed E-state index contributed by atoms with van der Waals surface area (Å²) in [6.07, 6.45) is 0. The Bertz CT molecular complexity index is 1260. The number of ether oxygens (including phenoxy) is 2. The average molecular weight is 463 g/mol. The second kappa shape index (κ2) is 8.50. The van der Waals surface area contributed by atoms with E-state index in [1.807, 2.05) is 67.7 Å². The first-order chi connectivity index (χ1) is 15.7. The maximum absolute atomic E-state index is 6.66. The summed E-state index contributed by atoms with van der Waals surface area (Å²) in [6.45, 7) is -2.63. The van der Waals surface area contributed by atoms with E-state index in [0.29, 0.717) is 0 Å². The summed E-state index contributed by atoms with van der Waals surface area (Å²) in [6, 6.07) is 28.1. The van der Waals surface area contributed by atoms with Crippen molar-refractivity contribution in [1.29, 1.82) is 0 Å². The van der Waals surface area contributed by atoms with E-state index in [4.69, 9.17) is 23.3 Å². The molecule has 0 atom stereocenters. The summed E-state index contributed by atoms with van der Waals surface area (Å²) >= 11 is 0. The molecule has 0 aromatic heterocycles. The normalized spacial score (nSPS) is 13.2. The Hall–Kier alpha value is -3.00. The van der Waals surface area contributed by atoms with E-state index in [2.05, 4.69) is 24.3 Å². The van der Waals surface area contributed by atoms with Crippen molar-refractivity contribution in [3.63, 3.8) is 0 Å². The van der Waals surface area contributed by atoms with Gasteiger partial charge in [-0.15, -0.1) is 0 Å². The summed E-state index contributed by atoms with van der Waals surface area (Å²) in [5, 5.41) is 4.00. The minimum atomic E-state index is -2.63. The number of hydrogen-bond donors (Lipinski definition) is 0. The Balaban J connectivity index is 1.80. The topological polar surface area (TPSA) is 49.3 Å². The number of rotatable bonds is 5. The Morgan fingerprint density at radius 2 is 1.19 bits per heavy atom.